The van der Waals surface area contributed by atoms with E-state index < -0.39 is 34.0 Å². The average molecular weight is 962 g/mol. The van der Waals surface area contributed by atoms with Crippen LogP contribution >= 0.6 is 0 Å². The molecule has 2 aliphatic rings. The number of nitrogens with one attached hydrogen (secondary N) is 4. The summed E-state index contributed by atoms with van der Waals surface area (Å²) in [6, 6.07) is 31.6. The molecule has 2 aliphatic heterocycles. The molecule has 17 nitrogen and oxygen atoms in total. The molecule has 8 rings (SSSR count). The number of fused-ring (bicyclic) bond motifs is 3. The summed E-state index contributed by atoms with van der Waals surface area (Å²) in [6.07, 6.45) is -0.758. The number of para-hydroxylation sites is 1. The number of hydrogen-bond acceptors (Lipinski definition) is 11. The molecular formula is C50H52FN7O10S. The first-order valence-corrected chi connectivity index (χ1v) is 23.3. The van der Waals surface area contributed by atoms with Gasteiger partial charge in [0.25, 0.3) is 11.8 Å². The van der Waals surface area contributed by atoms with Crippen molar-refractivity contribution in [1.82, 2.24) is 9.21 Å². The molecule has 2 heterocycles. The number of anilines is 5. The number of aliphatic hydroxyl groups is 1. The van der Waals surface area contributed by atoms with E-state index >= 15 is 0 Å². The number of hydrogen-bond donors (Lipinski definition) is 6. The van der Waals surface area contributed by atoms with Crippen LogP contribution in [0.1, 0.15) is 41.5 Å². The Bertz CT molecular complexity index is 2990. The lowest BCUT2D eigenvalue weighted by molar-refractivity contribution is -0.114. The molecule has 3 atom stereocenters. The smallest absolute Gasteiger partial charge is 0.323 e. The van der Waals surface area contributed by atoms with E-state index in [1.807, 2.05) is 43.3 Å². The summed E-state index contributed by atoms with van der Waals surface area (Å²) < 4.78 is 59.3. The Morgan fingerprint density at radius 1 is 0.841 bits per heavy atom. The molecule has 0 saturated heterocycles. The molecule has 0 fully saturated rings. The van der Waals surface area contributed by atoms with Gasteiger partial charge in [0.1, 0.15) is 25.1 Å². The first-order chi connectivity index (χ1) is 33.0. The Kier molecular flexibility index (Phi) is 15.3. The monoisotopic (exact) mass is 961 g/mol. The van der Waals surface area contributed by atoms with Crippen molar-refractivity contribution in [2.45, 2.75) is 37.8 Å². The summed E-state index contributed by atoms with van der Waals surface area (Å²) in [5.41, 5.74) is 8.11. The van der Waals surface area contributed by atoms with Crippen molar-refractivity contribution in [2.75, 3.05) is 67.0 Å². The molecule has 0 saturated carbocycles. The third-order valence-corrected chi connectivity index (χ3v) is 13.2. The molecular weight excluding hydrogens is 910 g/mol. The van der Waals surface area contributed by atoms with E-state index in [0.29, 0.717) is 47.3 Å². The molecule has 69 heavy (non-hydrogen) atoms. The van der Waals surface area contributed by atoms with Gasteiger partial charge < -0.3 is 51.2 Å². The Labute approximate surface area is 398 Å². The van der Waals surface area contributed by atoms with Crippen molar-refractivity contribution in [3.63, 3.8) is 0 Å². The van der Waals surface area contributed by atoms with Gasteiger partial charge in [-0.3, -0.25) is 14.4 Å². The number of nitrogens with two attached hydrogens (primary N) is 1. The standard InChI is InChI=1S/C35H38N4O8S.C15H14FN3O2/c1-22-19-39(23(2)21-40)34(41)27-11-7-13-29(37-35(42)36-28-12-6-9-24-8-4-5-10-26(24)28)33(27)47-32(22)20-38(3)48(43,44)25-14-15-30-31(18-25)46-17-16-45-30;1-9(20)18-12-5-2-10(3-6-12)15(21)19-14-7-4-11(16)8-13(14)17/h4-15,18,22-23,32,40H,16-17,19-21H2,1-3H3,(H2,36,37,42);2-8H,17H2,1H3,(H,18,20)(H,19,21)/t22-,23+,32+;/m1./s1. The molecule has 6 aromatic carbocycles. The first kappa shape index (κ1) is 49.2. The van der Waals surface area contributed by atoms with Crippen molar-refractivity contribution in [3.8, 4) is 17.2 Å². The highest BCUT2D eigenvalue weighted by atomic mass is 32.2. The van der Waals surface area contributed by atoms with Gasteiger partial charge in [0.05, 0.1) is 52.4 Å². The lowest BCUT2D eigenvalue weighted by Crippen LogP contribution is -2.50. The highest BCUT2D eigenvalue weighted by Crippen LogP contribution is 2.37. The van der Waals surface area contributed by atoms with Gasteiger partial charge >= 0.3 is 6.03 Å². The fourth-order valence-corrected chi connectivity index (χ4v) is 8.83. The highest BCUT2D eigenvalue weighted by molar-refractivity contribution is 7.89. The fraction of sp³-hybridized carbons (Fsp3) is 0.240. The fourth-order valence-electron chi connectivity index (χ4n) is 7.64. The van der Waals surface area contributed by atoms with Gasteiger partial charge in [0, 0.05) is 49.1 Å². The molecule has 0 radical (unpaired) electrons. The molecule has 19 heteroatoms. The quantitative estimate of drug-likeness (QED) is 0.0700. The zero-order valence-corrected chi connectivity index (χ0v) is 39.0. The number of likely N-dealkylation sites (N-methyl/N-ethyl adjacent to an activating group) is 1. The number of urea groups is 1. The number of nitrogen functional groups attached to an aromatic ring is 1. The maximum atomic E-state index is 13.9. The van der Waals surface area contributed by atoms with Crippen LogP contribution < -0.4 is 41.2 Å². The number of aliphatic hydroxyl groups excluding tert-OH is 1. The maximum absolute atomic E-state index is 13.9. The maximum Gasteiger partial charge on any atom is 0.323 e. The van der Waals surface area contributed by atoms with E-state index in [2.05, 4.69) is 21.3 Å². The van der Waals surface area contributed by atoms with Crippen molar-refractivity contribution in [1.29, 1.82) is 0 Å². The van der Waals surface area contributed by atoms with Crippen LogP contribution in [-0.2, 0) is 14.8 Å². The van der Waals surface area contributed by atoms with Gasteiger partial charge in [0.15, 0.2) is 17.2 Å². The SMILES string of the molecule is CC(=O)Nc1ccc(C(=O)Nc2ccc(F)cc2N)cc1.C[C@@H]1CN([C@@H](C)CO)C(=O)c2cccc(NC(=O)Nc3cccc4ccccc34)c2O[C@H]1CN(C)S(=O)(=O)c1ccc2c(c1)OCCO2. The molecule has 5 amide bonds. The number of benzene rings is 6. The second-order valence-electron chi connectivity index (χ2n) is 16.4. The summed E-state index contributed by atoms with van der Waals surface area (Å²) in [5.74, 6) is -0.862. The third-order valence-electron chi connectivity index (χ3n) is 11.4. The van der Waals surface area contributed by atoms with Crippen LogP contribution in [0, 0.1) is 11.7 Å². The highest BCUT2D eigenvalue weighted by Gasteiger charge is 2.36. The topological polar surface area (TPSA) is 231 Å². The minimum absolute atomic E-state index is 0.0336. The van der Waals surface area contributed by atoms with E-state index in [4.69, 9.17) is 19.9 Å². The van der Waals surface area contributed by atoms with Gasteiger partial charge in [-0.25, -0.2) is 17.6 Å². The number of carbonyl (C=O) groups excluding carboxylic acids is 4. The van der Waals surface area contributed by atoms with E-state index in [0.717, 1.165) is 16.8 Å². The first-order valence-electron chi connectivity index (χ1n) is 21.9. The molecule has 0 spiro atoms. The van der Waals surface area contributed by atoms with E-state index in [-0.39, 0.29) is 70.9 Å². The Morgan fingerprint density at radius 2 is 1.52 bits per heavy atom. The van der Waals surface area contributed by atoms with Crippen LogP contribution in [-0.4, -0.2) is 98.6 Å². The van der Waals surface area contributed by atoms with E-state index in [1.54, 1.807) is 66.4 Å². The zero-order chi connectivity index (χ0) is 49.4. The molecule has 7 N–H and O–H groups in total. The molecule has 6 aromatic rings. The van der Waals surface area contributed by atoms with E-state index in [9.17, 15) is 37.1 Å². The van der Waals surface area contributed by atoms with Crippen LogP contribution in [0.15, 0.2) is 126 Å². The predicted octanol–water partition coefficient (Wildman–Crippen LogP) is 7.41. The zero-order valence-electron chi connectivity index (χ0n) is 38.2. The van der Waals surface area contributed by atoms with Crippen LogP contribution in [0.5, 0.6) is 17.2 Å². The Balaban J connectivity index is 0.000000280. The number of halogens is 1. The summed E-state index contributed by atoms with van der Waals surface area (Å²) in [6.45, 7) is 5.53. The number of sulfonamides is 1. The minimum Gasteiger partial charge on any atom is -0.486 e. The minimum atomic E-state index is -4.00. The second-order valence-corrected chi connectivity index (χ2v) is 18.5. The van der Waals surface area contributed by atoms with Gasteiger partial charge in [0.2, 0.25) is 15.9 Å². The molecule has 0 aliphatic carbocycles. The van der Waals surface area contributed by atoms with Gasteiger partial charge in [-0.05, 0) is 85.1 Å². The van der Waals surface area contributed by atoms with Gasteiger partial charge in [-0.15, -0.1) is 0 Å². The summed E-state index contributed by atoms with van der Waals surface area (Å²) in [7, 11) is -2.54. The van der Waals surface area contributed by atoms with E-state index in [1.165, 1.54) is 42.5 Å². The van der Waals surface area contributed by atoms with Crippen LogP contribution in [0.25, 0.3) is 10.8 Å². The normalized spacial score (nSPS) is 15.8. The van der Waals surface area contributed by atoms with Crippen LogP contribution in [0.3, 0.4) is 0 Å². The Morgan fingerprint density at radius 3 is 2.25 bits per heavy atom. The number of nitrogens with zero attached hydrogens (tertiary/aromatic N) is 2. The lowest BCUT2D eigenvalue weighted by Gasteiger charge is -2.38. The average Bonchev–Trinajstić information content (AvgIpc) is 3.33. The number of ether oxygens (including phenoxy) is 3. The molecule has 360 valence electrons. The third kappa shape index (κ3) is 11.7. The number of rotatable bonds is 11. The summed E-state index contributed by atoms with van der Waals surface area (Å²) in [4.78, 5) is 51.8. The van der Waals surface area contributed by atoms with Crippen molar-refractivity contribution in [3.05, 3.63) is 138 Å². The lowest BCUT2D eigenvalue weighted by atomic mass is 9.99. The van der Waals surface area contributed by atoms with Gasteiger partial charge in [-0.2, -0.15) is 4.31 Å². The van der Waals surface area contributed by atoms with Crippen LogP contribution in [0.4, 0.5) is 37.6 Å². The number of carbonyl (C=O) groups is 4. The molecule has 0 bridgehead atoms. The van der Waals surface area contributed by atoms with Crippen molar-refractivity contribution < 1.29 is 51.3 Å². The predicted molar refractivity (Wildman–Crippen MR) is 261 cm³/mol. The summed E-state index contributed by atoms with van der Waals surface area (Å²) in [5, 5.41) is 22.8. The van der Waals surface area contributed by atoms with Crippen LogP contribution in [0.2, 0.25) is 0 Å². The molecule has 0 unspecified atom stereocenters. The Hall–Kier alpha value is -7.74. The number of amides is 5. The van der Waals surface area contributed by atoms with Crippen molar-refractivity contribution in [2.24, 2.45) is 5.92 Å². The summed E-state index contributed by atoms with van der Waals surface area (Å²) >= 11 is 0. The molecule has 0 aromatic heterocycles. The van der Waals surface area contributed by atoms with Gasteiger partial charge in [-0.1, -0.05) is 49.4 Å². The second kappa shape index (κ2) is 21.5. The van der Waals surface area contributed by atoms with Crippen molar-refractivity contribution >= 4 is 73.0 Å². The largest absolute Gasteiger partial charge is 0.486 e.